The number of likely N-dealkylation sites (tertiary alicyclic amines) is 2. The molecule has 0 aliphatic carbocycles. The van der Waals surface area contributed by atoms with Crippen LogP contribution in [-0.4, -0.2) is 128 Å². The van der Waals surface area contributed by atoms with Gasteiger partial charge in [-0.05, 0) is 37.7 Å². The maximum atomic E-state index is 13.9. The van der Waals surface area contributed by atoms with E-state index in [4.69, 9.17) is 16.6 Å². The van der Waals surface area contributed by atoms with Crippen LogP contribution < -0.4 is 27.4 Å². The van der Waals surface area contributed by atoms with Crippen LogP contribution in [0.4, 0.5) is 0 Å². The summed E-state index contributed by atoms with van der Waals surface area (Å²) >= 11 is 0. The number of carboxylic acid groups (broad SMARTS) is 3. The molecule has 0 radical (unpaired) electrons. The summed E-state index contributed by atoms with van der Waals surface area (Å²) in [6.45, 7) is 0.213. The van der Waals surface area contributed by atoms with Gasteiger partial charge in [0.25, 0.3) is 0 Å². The first-order chi connectivity index (χ1) is 24.1. The maximum Gasteiger partial charge on any atom is 0.326 e. The van der Waals surface area contributed by atoms with Crippen molar-refractivity contribution in [2.75, 3.05) is 13.1 Å². The summed E-state index contributed by atoms with van der Waals surface area (Å²) in [5.74, 6) is -9.41. The van der Waals surface area contributed by atoms with Crippen LogP contribution in [0.2, 0.25) is 0 Å². The zero-order valence-electron chi connectivity index (χ0n) is 27.7. The van der Waals surface area contributed by atoms with Gasteiger partial charge in [-0.1, -0.05) is 30.3 Å². The van der Waals surface area contributed by atoms with Crippen molar-refractivity contribution in [1.29, 1.82) is 0 Å². The molecule has 51 heavy (non-hydrogen) atoms. The molecule has 0 spiro atoms. The van der Waals surface area contributed by atoms with Gasteiger partial charge in [-0.3, -0.25) is 38.4 Å². The molecule has 0 unspecified atom stereocenters. The van der Waals surface area contributed by atoms with Crippen LogP contribution in [0.25, 0.3) is 0 Å². The van der Waals surface area contributed by atoms with Crippen LogP contribution in [0, 0.1) is 0 Å². The molecule has 1 aromatic rings. The number of hydrogen-bond acceptors (Lipinski definition) is 10. The van der Waals surface area contributed by atoms with Crippen LogP contribution >= 0.6 is 0 Å². The Labute approximate surface area is 292 Å². The van der Waals surface area contributed by atoms with Gasteiger partial charge < -0.3 is 52.5 Å². The lowest BCUT2D eigenvalue weighted by molar-refractivity contribution is -0.150. The van der Waals surface area contributed by atoms with E-state index < -0.39 is 109 Å². The van der Waals surface area contributed by atoms with Crippen molar-refractivity contribution in [3.63, 3.8) is 0 Å². The number of carboxylic acids is 3. The van der Waals surface area contributed by atoms with Gasteiger partial charge in [-0.2, -0.15) is 0 Å². The molecule has 0 bridgehead atoms. The normalized spacial score (nSPS) is 19.2. The first-order valence-electron chi connectivity index (χ1n) is 16.3. The molecular weight excluding hydrogens is 674 g/mol. The lowest BCUT2D eigenvalue weighted by atomic mass is 10.0. The van der Waals surface area contributed by atoms with Gasteiger partial charge in [0.05, 0.1) is 18.9 Å². The second kappa shape index (κ2) is 18.4. The van der Waals surface area contributed by atoms with Crippen molar-refractivity contribution in [3.05, 3.63) is 35.9 Å². The summed E-state index contributed by atoms with van der Waals surface area (Å²) in [4.78, 5) is 115. The van der Waals surface area contributed by atoms with Crippen LogP contribution in [0.15, 0.2) is 30.3 Å². The Hall–Kier alpha value is -5.59. The molecule has 2 fully saturated rings. The van der Waals surface area contributed by atoms with Crippen LogP contribution in [0.3, 0.4) is 0 Å². The number of benzene rings is 1. The first-order valence-corrected chi connectivity index (χ1v) is 16.3. The monoisotopic (exact) mass is 717 g/mol. The van der Waals surface area contributed by atoms with E-state index >= 15 is 0 Å². The third kappa shape index (κ3) is 11.5. The van der Waals surface area contributed by atoms with Crippen molar-refractivity contribution in [3.8, 4) is 0 Å². The number of amides is 6. The van der Waals surface area contributed by atoms with Crippen molar-refractivity contribution in [2.45, 2.75) is 94.0 Å². The molecule has 19 nitrogen and oxygen atoms in total. The summed E-state index contributed by atoms with van der Waals surface area (Å²) in [5, 5.41) is 35.0. The average Bonchev–Trinajstić information content (AvgIpc) is 3.76. The van der Waals surface area contributed by atoms with Gasteiger partial charge in [-0.25, -0.2) is 4.79 Å². The number of nitrogens with one attached hydrogen (secondary N) is 3. The van der Waals surface area contributed by atoms with E-state index in [1.165, 1.54) is 4.90 Å². The van der Waals surface area contributed by atoms with Gasteiger partial charge in [-0.15, -0.1) is 0 Å². The molecule has 0 aromatic heterocycles. The van der Waals surface area contributed by atoms with E-state index in [0.29, 0.717) is 18.4 Å². The molecule has 1 aromatic carbocycles. The number of nitrogens with two attached hydrogens (primary N) is 2. The third-order valence-corrected chi connectivity index (χ3v) is 8.59. The number of aliphatic carboxylic acids is 3. The minimum absolute atomic E-state index is 0.0268. The number of carbonyl (C=O) groups excluding carboxylic acids is 6. The van der Waals surface area contributed by atoms with E-state index in [9.17, 15) is 53.4 Å². The summed E-state index contributed by atoms with van der Waals surface area (Å²) < 4.78 is 0. The molecule has 19 heteroatoms. The molecule has 2 aliphatic heterocycles. The van der Waals surface area contributed by atoms with Crippen LogP contribution in [0.1, 0.15) is 56.9 Å². The summed E-state index contributed by atoms with van der Waals surface area (Å²) in [6.07, 6.45) is -1.33. The number of primary amides is 1. The molecular formula is C32H43N7O12. The first kappa shape index (κ1) is 39.8. The third-order valence-electron chi connectivity index (χ3n) is 8.59. The fourth-order valence-corrected chi connectivity index (χ4v) is 6.07. The maximum absolute atomic E-state index is 13.9. The highest BCUT2D eigenvalue weighted by molar-refractivity contribution is 5.98. The van der Waals surface area contributed by atoms with Crippen molar-refractivity contribution in [1.82, 2.24) is 25.8 Å². The van der Waals surface area contributed by atoms with Crippen LogP contribution in [0.5, 0.6) is 0 Å². The molecule has 3 rings (SSSR count). The van der Waals surface area contributed by atoms with E-state index in [2.05, 4.69) is 16.0 Å². The van der Waals surface area contributed by atoms with Gasteiger partial charge >= 0.3 is 17.9 Å². The fourth-order valence-electron chi connectivity index (χ4n) is 6.07. The summed E-state index contributed by atoms with van der Waals surface area (Å²) in [5.41, 5.74) is 11.5. The summed E-state index contributed by atoms with van der Waals surface area (Å²) in [6, 6.07) is 0.377. The average molecular weight is 718 g/mol. The van der Waals surface area contributed by atoms with Crippen molar-refractivity contribution >= 4 is 53.4 Å². The van der Waals surface area contributed by atoms with E-state index in [1.54, 1.807) is 30.3 Å². The second-order valence-electron chi connectivity index (χ2n) is 12.4. The number of hydrogen-bond donors (Lipinski definition) is 8. The zero-order valence-corrected chi connectivity index (χ0v) is 27.7. The zero-order chi connectivity index (χ0) is 37.8. The second-order valence-corrected chi connectivity index (χ2v) is 12.4. The largest absolute Gasteiger partial charge is 0.481 e. The van der Waals surface area contributed by atoms with Crippen molar-refractivity contribution in [2.24, 2.45) is 11.5 Å². The quantitative estimate of drug-likeness (QED) is 0.0767. The Balaban J connectivity index is 1.82. The Morgan fingerprint density at radius 1 is 0.725 bits per heavy atom. The smallest absolute Gasteiger partial charge is 0.326 e. The highest BCUT2D eigenvalue weighted by atomic mass is 16.4. The molecule has 6 amide bonds. The molecule has 2 saturated heterocycles. The lowest BCUT2D eigenvalue weighted by Crippen LogP contribution is -2.59. The molecule has 10 N–H and O–H groups in total. The number of carbonyl (C=O) groups is 9. The Bertz CT molecular complexity index is 1510. The molecule has 2 heterocycles. The predicted octanol–water partition coefficient (Wildman–Crippen LogP) is -2.71. The Morgan fingerprint density at radius 2 is 1.27 bits per heavy atom. The molecule has 0 saturated carbocycles. The molecule has 278 valence electrons. The number of rotatable bonds is 18. The minimum atomic E-state index is -1.80. The van der Waals surface area contributed by atoms with Crippen molar-refractivity contribution < 1.29 is 58.5 Å². The van der Waals surface area contributed by atoms with Gasteiger partial charge in [0, 0.05) is 25.9 Å². The predicted molar refractivity (Wildman–Crippen MR) is 174 cm³/mol. The van der Waals surface area contributed by atoms with Gasteiger partial charge in [0.2, 0.25) is 35.4 Å². The number of nitrogens with zero attached hydrogens (tertiary/aromatic N) is 2. The van der Waals surface area contributed by atoms with E-state index in [0.717, 1.165) is 4.90 Å². The fraction of sp³-hybridized carbons (Fsp3) is 0.531. The lowest BCUT2D eigenvalue weighted by Gasteiger charge is -2.32. The van der Waals surface area contributed by atoms with Crippen LogP contribution in [-0.2, 0) is 49.6 Å². The van der Waals surface area contributed by atoms with Gasteiger partial charge in [0.1, 0.15) is 30.2 Å². The van der Waals surface area contributed by atoms with E-state index in [1.807, 2.05) is 0 Å². The SMILES string of the molecule is NC(=O)CC[C@H](NC(=O)[C@H](CC(=O)O)NC(=O)[C@@H](N)CC(=O)O)C(=O)N1CCC[C@H]1C(=O)N[C@@H](Cc1ccccc1)C(=O)N1CCC[C@H]1C(=O)O. The standard InChI is InChI=1S/C32H43N7O12/c33-18(15-25(41)42)27(45)36-20(16-26(43)44)28(46)35-19(10-11-24(34)40)30(48)38-12-4-8-22(38)29(47)37-21(14-17-6-2-1-3-7-17)31(49)39-13-5-9-23(39)32(50)51/h1-3,6-7,18-23H,4-5,8-16,33H2,(H2,34,40)(H,35,46)(H,36,45)(H,37,47)(H,41,42)(H,43,44)(H,50,51)/t18-,19-,20-,21-,22-,23-/m0/s1. The van der Waals surface area contributed by atoms with E-state index in [-0.39, 0.29) is 38.8 Å². The molecule has 2 aliphatic rings. The molecule has 6 atom stereocenters. The highest BCUT2D eigenvalue weighted by Gasteiger charge is 2.42. The highest BCUT2D eigenvalue weighted by Crippen LogP contribution is 2.23. The summed E-state index contributed by atoms with van der Waals surface area (Å²) in [7, 11) is 0. The Kier molecular flexibility index (Phi) is 14.4. The van der Waals surface area contributed by atoms with Gasteiger partial charge in [0.15, 0.2) is 0 Å². The Morgan fingerprint density at radius 3 is 1.84 bits per heavy atom. The topological polar surface area (TPSA) is 309 Å². The minimum Gasteiger partial charge on any atom is -0.481 e.